The summed E-state index contributed by atoms with van der Waals surface area (Å²) in [6, 6.07) is 7.10. The number of rotatable bonds is 3. The van der Waals surface area contributed by atoms with Gasteiger partial charge in [0.2, 0.25) is 0 Å². The summed E-state index contributed by atoms with van der Waals surface area (Å²) in [5.41, 5.74) is 7.01. The highest BCUT2D eigenvalue weighted by Gasteiger charge is 2.12. The second-order valence-corrected chi connectivity index (χ2v) is 3.88. The van der Waals surface area contributed by atoms with Crippen molar-refractivity contribution in [3.05, 3.63) is 35.4 Å². The summed E-state index contributed by atoms with van der Waals surface area (Å²) in [6.07, 6.45) is 0. The molecule has 0 fully saturated rings. The summed E-state index contributed by atoms with van der Waals surface area (Å²) in [5, 5.41) is 2.73. The van der Waals surface area contributed by atoms with Gasteiger partial charge in [0, 0.05) is 5.56 Å². The molecule has 1 amide bonds. The Hall–Kier alpha value is -1.42. The zero-order valence-electron chi connectivity index (χ0n) is 8.78. The van der Waals surface area contributed by atoms with E-state index in [0.717, 1.165) is 5.56 Å². The first-order chi connectivity index (χ1) is 7.02. The Kier molecular flexibility index (Phi) is 3.80. The predicted octanol–water partition coefficient (Wildman–Crippen LogP) is 1.40. The van der Waals surface area contributed by atoms with E-state index in [1.165, 1.54) is 0 Å². The molecule has 0 saturated carbocycles. The van der Waals surface area contributed by atoms with Crippen molar-refractivity contribution in [2.75, 3.05) is 0 Å². The lowest BCUT2D eigenvalue weighted by Gasteiger charge is -2.13. The van der Waals surface area contributed by atoms with Crippen LogP contribution in [0.3, 0.4) is 0 Å². The Balaban J connectivity index is 2.78. The first-order valence-corrected chi connectivity index (χ1v) is 5.09. The average Bonchev–Trinajstić information content (AvgIpc) is 2.18. The maximum atomic E-state index is 11.8. The standard InChI is InChI=1S/C11H14N2OS/c1-7-5-3-4-6-9(7)11(14)13-8(2)10(12)15/h3-6,8H,1-2H3,(H2,12,15)(H,13,14). The number of carbonyl (C=O) groups is 1. The van der Waals surface area contributed by atoms with Crippen molar-refractivity contribution >= 4 is 23.1 Å². The summed E-state index contributed by atoms with van der Waals surface area (Å²) < 4.78 is 0. The molecule has 1 unspecified atom stereocenters. The maximum absolute atomic E-state index is 11.8. The highest BCUT2D eigenvalue weighted by molar-refractivity contribution is 7.80. The van der Waals surface area contributed by atoms with Gasteiger partial charge in [0.25, 0.3) is 5.91 Å². The topological polar surface area (TPSA) is 55.1 Å². The van der Waals surface area contributed by atoms with Gasteiger partial charge in [-0.05, 0) is 25.5 Å². The Labute approximate surface area is 94.7 Å². The van der Waals surface area contributed by atoms with E-state index in [1.807, 2.05) is 25.1 Å². The Bertz CT molecular complexity index is 390. The first kappa shape index (κ1) is 11.7. The average molecular weight is 222 g/mol. The molecule has 1 aromatic rings. The van der Waals surface area contributed by atoms with E-state index in [-0.39, 0.29) is 16.9 Å². The van der Waals surface area contributed by atoms with Crippen molar-refractivity contribution in [2.45, 2.75) is 19.9 Å². The SMILES string of the molecule is Cc1ccccc1C(=O)NC(C)C(N)=S. The second kappa shape index (κ2) is 4.89. The van der Waals surface area contributed by atoms with Crippen molar-refractivity contribution < 1.29 is 4.79 Å². The normalized spacial score (nSPS) is 11.9. The van der Waals surface area contributed by atoms with E-state index in [4.69, 9.17) is 18.0 Å². The van der Waals surface area contributed by atoms with Gasteiger partial charge in [-0.25, -0.2) is 0 Å². The predicted molar refractivity (Wildman–Crippen MR) is 64.9 cm³/mol. The van der Waals surface area contributed by atoms with Gasteiger partial charge >= 0.3 is 0 Å². The number of hydrogen-bond donors (Lipinski definition) is 2. The Morgan fingerprint density at radius 3 is 2.60 bits per heavy atom. The number of amides is 1. The van der Waals surface area contributed by atoms with E-state index < -0.39 is 0 Å². The van der Waals surface area contributed by atoms with Gasteiger partial charge in [-0.1, -0.05) is 30.4 Å². The minimum absolute atomic E-state index is 0.145. The summed E-state index contributed by atoms with van der Waals surface area (Å²) in [5.74, 6) is -0.145. The molecule has 3 nitrogen and oxygen atoms in total. The van der Waals surface area contributed by atoms with Crippen LogP contribution in [0, 0.1) is 6.92 Å². The molecule has 0 radical (unpaired) electrons. The molecule has 80 valence electrons. The fourth-order valence-corrected chi connectivity index (χ4v) is 1.23. The number of nitrogens with two attached hydrogens (primary N) is 1. The molecule has 3 N–H and O–H groups in total. The molecule has 15 heavy (non-hydrogen) atoms. The largest absolute Gasteiger partial charge is 0.392 e. The molecule has 0 aliphatic heterocycles. The lowest BCUT2D eigenvalue weighted by molar-refractivity contribution is 0.0948. The summed E-state index contributed by atoms with van der Waals surface area (Å²) in [4.78, 5) is 12.0. The molecule has 0 bridgehead atoms. The summed E-state index contributed by atoms with van der Waals surface area (Å²) >= 11 is 4.78. The molecule has 1 atom stereocenters. The lowest BCUT2D eigenvalue weighted by atomic mass is 10.1. The third kappa shape index (κ3) is 3.02. The maximum Gasteiger partial charge on any atom is 0.252 e. The van der Waals surface area contributed by atoms with Gasteiger partial charge in [-0.3, -0.25) is 4.79 Å². The van der Waals surface area contributed by atoms with Crippen LogP contribution in [0.1, 0.15) is 22.8 Å². The van der Waals surface area contributed by atoms with Crippen LogP contribution in [0.4, 0.5) is 0 Å². The van der Waals surface area contributed by atoms with E-state index in [1.54, 1.807) is 13.0 Å². The molecule has 4 heteroatoms. The molecule has 0 aromatic heterocycles. The Morgan fingerprint density at radius 2 is 2.07 bits per heavy atom. The highest BCUT2D eigenvalue weighted by atomic mass is 32.1. The van der Waals surface area contributed by atoms with Crippen molar-refractivity contribution in [3.8, 4) is 0 Å². The molecule has 0 saturated heterocycles. The van der Waals surface area contributed by atoms with Gasteiger partial charge < -0.3 is 11.1 Å². The molecule has 1 rings (SSSR count). The van der Waals surface area contributed by atoms with Crippen LogP contribution in [-0.2, 0) is 0 Å². The van der Waals surface area contributed by atoms with Gasteiger partial charge in [0.15, 0.2) is 0 Å². The molecule has 0 spiro atoms. The molecule has 0 heterocycles. The molecular formula is C11H14N2OS. The van der Waals surface area contributed by atoms with Crippen LogP contribution in [0.15, 0.2) is 24.3 Å². The van der Waals surface area contributed by atoms with Gasteiger partial charge in [-0.15, -0.1) is 0 Å². The molecule has 0 aliphatic carbocycles. The second-order valence-electron chi connectivity index (χ2n) is 3.41. The third-order valence-electron chi connectivity index (χ3n) is 2.16. The molecule has 0 aliphatic rings. The van der Waals surface area contributed by atoms with Crippen molar-refractivity contribution in [1.29, 1.82) is 0 Å². The monoisotopic (exact) mass is 222 g/mol. The quantitative estimate of drug-likeness (QED) is 0.760. The van der Waals surface area contributed by atoms with E-state index in [9.17, 15) is 4.79 Å². The van der Waals surface area contributed by atoms with Crippen molar-refractivity contribution in [2.24, 2.45) is 5.73 Å². The minimum Gasteiger partial charge on any atom is -0.392 e. The zero-order chi connectivity index (χ0) is 11.4. The number of aryl methyl sites for hydroxylation is 1. The van der Waals surface area contributed by atoms with E-state index in [2.05, 4.69) is 5.32 Å². The van der Waals surface area contributed by atoms with Gasteiger partial charge in [-0.2, -0.15) is 0 Å². The zero-order valence-corrected chi connectivity index (χ0v) is 9.60. The number of benzene rings is 1. The number of thiocarbonyl (C=S) groups is 1. The lowest BCUT2D eigenvalue weighted by Crippen LogP contribution is -2.41. The number of hydrogen-bond acceptors (Lipinski definition) is 2. The van der Waals surface area contributed by atoms with Crippen LogP contribution in [0.2, 0.25) is 0 Å². The van der Waals surface area contributed by atoms with Crippen LogP contribution in [0.25, 0.3) is 0 Å². The van der Waals surface area contributed by atoms with E-state index in [0.29, 0.717) is 5.56 Å². The van der Waals surface area contributed by atoms with E-state index >= 15 is 0 Å². The fourth-order valence-electron chi connectivity index (χ4n) is 1.17. The van der Waals surface area contributed by atoms with Crippen molar-refractivity contribution in [3.63, 3.8) is 0 Å². The molecular weight excluding hydrogens is 208 g/mol. The van der Waals surface area contributed by atoms with Gasteiger partial charge in [0.05, 0.1) is 11.0 Å². The Morgan fingerprint density at radius 1 is 1.47 bits per heavy atom. The number of nitrogens with one attached hydrogen (secondary N) is 1. The molecule has 1 aromatic carbocycles. The minimum atomic E-state index is -0.285. The van der Waals surface area contributed by atoms with Gasteiger partial charge in [0.1, 0.15) is 0 Å². The van der Waals surface area contributed by atoms with Crippen molar-refractivity contribution in [1.82, 2.24) is 5.32 Å². The van der Waals surface area contributed by atoms with Crippen LogP contribution in [-0.4, -0.2) is 16.9 Å². The summed E-state index contributed by atoms with van der Waals surface area (Å²) in [6.45, 7) is 3.65. The van der Waals surface area contributed by atoms with Crippen LogP contribution < -0.4 is 11.1 Å². The third-order valence-corrected chi connectivity index (χ3v) is 2.52. The van der Waals surface area contributed by atoms with Crippen LogP contribution in [0.5, 0.6) is 0 Å². The highest BCUT2D eigenvalue weighted by Crippen LogP contribution is 2.06. The smallest absolute Gasteiger partial charge is 0.252 e. The fraction of sp³-hybridized carbons (Fsp3) is 0.273. The summed E-state index contributed by atoms with van der Waals surface area (Å²) in [7, 11) is 0. The first-order valence-electron chi connectivity index (χ1n) is 4.68. The van der Waals surface area contributed by atoms with Crippen LogP contribution >= 0.6 is 12.2 Å². The number of carbonyl (C=O) groups excluding carboxylic acids is 1.